The smallest absolute Gasteiger partial charge is 0.328 e. The second-order valence-corrected chi connectivity index (χ2v) is 19.7. The van der Waals surface area contributed by atoms with Crippen LogP contribution in [0.15, 0.2) is 12.2 Å². The molecular weight excluding hydrogens is 825 g/mol. The van der Waals surface area contributed by atoms with Gasteiger partial charge in [-0.2, -0.15) is 0 Å². The molecule has 0 aromatic rings. The Labute approximate surface area is 407 Å². The summed E-state index contributed by atoms with van der Waals surface area (Å²) in [7, 11) is 0. The van der Waals surface area contributed by atoms with E-state index in [2.05, 4.69) is 36.6 Å². The highest BCUT2D eigenvalue weighted by Gasteiger charge is 2.19. The molecule has 0 saturated carbocycles. The minimum absolute atomic E-state index is 0.0250. The Morgan fingerprint density at radius 1 is 0.439 bits per heavy atom. The Kier molecular flexibility index (Phi) is 50.1. The molecule has 0 rings (SSSR count). The van der Waals surface area contributed by atoms with Crippen LogP contribution in [-0.4, -0.2) is 59.3 Å². The Morgan fingerprint density at radius 3 is 1.15 bits per heavy atom. The lowest BCUT2D eigenvalue weighted by molar-refractivity contribution is -0.150. The first-order valence-corrected chi connectivity index (χ1v) is 28.6. The van der Waals surface area contributed by atoms with Crippen molar-refractivity contribution < 1.29 is 34.1 Å². The summed E-state index contributed by atoms with van der Waals surface area (Å²) in [5.74, 6) is -2.28. The fourth-order valence-electron chi connectivity index (χ4n) is 8.89. The van der Waals surface area contributed by atoms with Crippen LogP contribution in [-0.2, 0) is 23.9 Å². The van der Waals surface area contributed by atoms with Gasteiger partial charge in [-0.05, 0) is 64.2 Å². The van der Waals surface area contributed by atoms with Crippen molar-refractivity contribution in [1.82, 2.24) is 10.6 Å². The minimum Gasteiger partial charge on any atom is -0.480 e. The average Bonchev–Trinajstić information content (AvgIpc) is 3.30. The SMILES string of the molecule is CCCCCCCCCC/C=C\CCCCCC(CCCCCCCC(=O)NCC(=O)NC(CO)C(=O)O)OC(=O)CCCCCCCCCCCCCCCCCCCCCCCCC. The molecule has 0 radical (unpaired) electrons. The van der Waals surface area contributed by atoms with E-state index >= 15 is 0 Å². The number of nitrogens with one attached hydrogen (secondary N) is 2. The number of aliphatic carboxylic acids is 1. The number of carboxylic acids is 1. The number of rotatable bonds is 53. The average molecular weight is 933 g/mol. The largest absolute Gasteiger partial charge is 0.480 e. The van der Waals surface area contributed by atoms with Crippen LogP contribution in [0.3, 0.4) is 0 Å². The number of amides is 2. The molecule has 0 spiro atoms. The van der Waals surface area contributed by atoms with Crippen LogP contribution < -0.4 is 10.6 Å². The summed E-state index contributed by atoms with van der Waals surface area (Å²) in [6, 6.07) is -1.38. The maximum Gasteiger partial charge on any atom is 0.328 e. The first kappa shape index (κ1) is 63.6. The molecule has 0 heterocycles. The van der Waals surface area contributed by atoms with Gasteiger partial charge < -0.3 is 25.6 Å². The lowest BCUT2D eigenvalue weighted by atomic mass is 10.0. The second kappa shape index (κ2) is 52.0. The Hall–Kier alpha value is -2.42. The third-order valence-corrected chi connectivity index (χ3v) is 13.3. The van der Waals surface area contributed by atoms with Crippen molar-refractivity contribution in [2.24, 2.45) is 0 Å². The Bertz CT molecular complexity index is 1110. The minimum atomic E-state index is -1.38. The molecule has 0 aliphatic rings. The monoisotopic (exact) mass is 933 g/mol. The standard InChI is InChI=1S/C57H108N2O7/c1-3-5-7-9-11-13-15-17-19-20-21-22-23-24-25-26-28-30-32-34-36-41-45-49-56(63)66-52(46-42-38-35-33-31-29-27-18-16-14-12-10-8-6-4-2)47-43-39-37-40-44-48-54(61)58-50-55(62)59-53(51-60)57(64)65/h29,31,52-53,60H,3-28,30,32-51H2,1-2H3,(H,58,61)(H,59,62)(H,64,65)/b31-29-. The summed E-state index contributed by atoms with van der Waals surface area (Å²) in [5, 5.41) is 22.7. The van der Waals surface area contributed by atoms with Gasteiger partial charge in [0.15, 0.2) is 0 Å². The number of esters is 1. The van der Waals surface area contributed by atoms with Gasteiger partial charge in [0.2, 0.25) is 11.8 Å². The third-order valence-electron chi connectivity index (χ3n) is 13.3. The van der Waals surface area contributed by atoms with Crippen molar-refractivity contribution >= 4 is 23.8 Å². The number of hydrogen-bond donors (Lipinski definition) is 4. The second-order valence-electron chi connectivity index (χ2n) is 19.7. The fourth-order valence-corrected chi connectivity index (χ4v) is 8.89. The van der Waals surface area contributed by atoms with E-state index in [4.69, 9.17) is 14.9 Å². The number of carboxylic acid groups (broad SMARTS) is 1. The number of hydrogen-bond acceptors (Lipinski definition) is 6. The van der Waals surface area contributed by atoms with Crippen LogP contribution in [0.2, 0.25) is 0 Å². The number of allylic oxidation sites excluding steroid dienone is 2. The van der Waals surface area contributed by atoms with Crippen LogP contribution >= 0.6 is 0 Å². The zero-order valence-corrected chi connectivity index (χ0v) is 43.5. The van der Waals surface area contributed by atoms with Gasteiger partial charge in [-0.1, -0.05) is 238 Å². The van der Waals surface area contributed by atoms with Crippen LogP contribution in [0, 0.1) is 0 Å². The molecule has 2 amide bonds. The number of carbonyl (C=O) groups is 4. The molecule has 4 N–H and O–H groups in total. The molecule has 9 nitrogen and oxygen atoms in total. The Balaban J connectivity index is 4.20. The summed E-state index contributed by atoms with van der Waals surface area (Å²) in [4.78, 5) is 47.9. The number of unbranched alkanes of at least 4 members (excludes halogenated alkanes) is 37. The highest BCUT2D eigenvalue weighted by Crippen LogP contribution is 2.20. The van der Waals surface area contributed by atoms with E-state index in [1.54, 1.807) is 0 Å². The molecule has 0 aliphatic heterocycles. The van der Waals surface area contributed by atoms with Gasteiger partial charge in [-0.25, -0.2) is 4.79 Å². The van der Waals surface area contributed by atoms with Crippen LogP contribution in [0.1, 0.15) is 303 Å². The topological polar surface area (TPSA) is 142 Å². The molecule has 0 bridgehead atoms. The summed E-state index contributed by atoms with van der Waals surface area (Å²) in [5.41, 5.74) is 0. The van der Waals surface area contributed by atoms with Gasteiger partial charge in [0.25, 0.3) is 0 Å². The molecular formula is C57H108N2O7. The molecule has 0 aromatic carbocycles. The summed E-state index contributed by atoms with van der Waals surface area (Å²) >= 11 is 0. The molecule has 2 unspecified atom stereocenters. The van der Waals surface area contributed by atoms with E-state index in [0.29, 0.717) is 19.3 Å². The third kappa shape index (κ3) is 48.1. The molecule has 0 aliphatic carbocycles. The highest BCUT2D eigenvalue weighted by molar-refractivity contribution is 5.87. The van der Waals surface area contributed by atoms with Crippen molar-refractivity contribution in [1.29, 1.82) is 0 Å². The van der Waals surface area contributed by atoms with Gasteiger partial charge in [-0.3, -0.25) is 14.4 Å². The van der Waals surface area contributed by atoms with Crippen molar-refractivity contribution in [2.45, 2.75) is 315 Å². The summed E-state index contributed by atoms with van der Waals surface area (Å²) in [6.45, 7) is 3.53. The molecule has 9 heteroatoms. The summed E-state index contributed by atoms with van der Waals surface area (Å²) < 4.78 is 6.08. The van der Waals surface area contributed by atoms with E-state index in [1.165, 1.54) is 199 Å². The fraction of sp³-hybridized carbons (Fsp3) is 0.895. The number of aliphatic hydroxyl groups excluding tert-OH is 1. The first-order chi connectivity index (χ1) is 32.3. The number of aliphatic hydroxyl groups is 1. The van der Waals surface area contributed by atoms with Crippen LogP contribution in [0.5, 0.6) is 0 Å². The molecule has 0 aromatic heterocycles. The lowest BCUT2D eigenvalue weighted by Crippen LogP contribution is -2.47. The maximum absolute atomic E-state index is 12.9. The van der Waals surface area contributed by atoms with Crippen molar-refractivity contribution in [3.05, 3.63) is 12.2 Å². The number of carbonyl (C=O) groups excluding carboxylic acids is 3. The number of ether oxygens (including phenoxy) is 1. The van der Waals surface area contributed by atoms with Crippen molar-refractivity contribution in [3.63, 3.8) is 0 Å². The lowest BCUT2D eigenvalue weighted by Gasteiger charge is -2.18. The van der Waals surface area contributed by atoms with Crippen LogP contribution in [0.4, 0.5) is 0 Å². The van der Waals surface area contributed by atoms with Gasteiger partial charge in [0, 0.05) is 12.8 Å². The molecule has 2 atom stereocenters. The quantitative estimate of drug-likeness (QED) is 0.0270. The highest BCUT2D eigenvalue weighted by atomic mass is 16.5. The van der Waals surface area contributed by atoms with E-state index in [1.807, 2.05) is 0 Å². The van der Waals surface area contributed by atoms with Crippen LogP contribution in [0.25, 0.3) is 0 Å². The van der Waals surface area contributed by atoms with Gasteiger partial charge in [0.1, 0.15) is 12.1 Å². The Morgan fingerprint density at radius 2 is 0.773 bits per heavy atom. The van der Waals surface area contributed by atoms with Gasteiger partial charge >= 0.3 is 11.9 Å². The maximum atomic E-state index is 12.9. The normalized spacial score (nSPS) is 12.4. The van der Waals surface area contributed by atoms with Gasteiger partial charge in [-0.15, -0.1) is 0 Å². The predicted molar refractivity (Wildman–Crippen MR) is 278 cm³/mol. The van der Waals surface area contributed by atoms with E-state index < -0.39 is 24.5 Å². The van der Waals surface area contributed by atoms with E-state index in [9.17, 15) is 19.2 Å². The van der Waals surface area contributed by atoms with Crippen molar-refractivity contribution in [2.75, 3.05) is 13.2 Å². The van der Waals surface area contributed by atoms with E-state index in [0.717, 1.165) is 70.6 Å². The predicted octanol–water partition coefficient (Wildman–Crippen LogP) is 15.7. The molecule has 388 valence electrons. The van der Waals surface area contributed by atoms with E-state index in [-0.39, 0.29) is 24.5 Å². The van der Waals surface area contributed by atoms with Gasteiger partial charge in [0.05, 0.1) is 13.2 Å². The summed E-state index contributed by atoms with van der Waals surface area (Å²) in [6.07, 6.45) is 59.8. The first-order valence-electron chi connectivity index (χ1n) is 28.6. The molecule has 66 heavy (non-hydrogen) atoms. The zero-order valence-electron chi connectivity index (χ0n) is 43.5. The zero-order chi connectivity index (χ0) is 48.2. The molecule has 0 saturated heterocycles. The van der Waals surface area contributed by atoms with Crippen molar-refractivity contribution in [3.8, 4) is 0 Å². The molecule has 0 fully saturated rings.